The second kappa shape index (κ2) is 3.93. The molecule has 1 aromatic carbocycles. The quantitative estimate of drug-likeness (QED) is 0.462. The van der Waals surface area contributed by atoms with Crippen molar-refractivity contribution in [2.75, 3.05) is 6.23 Å². The molecule has 0 spiro atoms. The highest BCUT2D eigenvalue weighted by Gasteiger charge is 2.02. The summed E-state index contributed by atoms with van der Waals surface area (Å²) in [6.07, 6.45) is 0.563. The lowest BCUT2D eigenvalue weighted by Gasteiger charge is -1.99. The van der Waals surface area contributed by atoms with Gasteiger partial charge in [-0.05, 0) is 12.1 Å². The van der Waals surface area contributed by atoms with Crippen LogP contribution in [0.5, 0.6) is 0 Å². The molecule has 0 atom stereocenters. The first-order valence-corrected chi connectivity index (χ1v) is 4.98. The van der Waals surface area contributed by atoms with Gasteiger partial charge in [-0.2, -0.15) is 0 Å². The zero-order chi connectivity index (χ0) is 8.10. The minimum atomic E-state index is -0.222. The van der Waals surface area contributed by atoms with Crippen LogP contribution in [0, 0.1) is 0 Å². The van der Waals surface area contributed by atoms with E-state index in [1.807, 2.05) is 18.2 Å². The highest BCUT2D eigenvalue weighted by atomic mass is 28.1. The van der Waals surface area contributed by atoms with Gasteiger partial charge in [0.15, 0.2) is 0 Å². The molecule has 1 aromatic rings. The summed E-state index contributed by atoms with van der Waals surface area (Å²) in [6.45, 7) is 0. The van der Waals surface area contributed by atoms with E-state index in [-0.39, 0.29) is 5.97 Å². The topological polar surface area (TPSA) is 26.3 Å². The molecule has 2 nitrogen and oxygen atoms in total. The fourth-order valence-electron chi connectivity index (χ4n) is 0.789. The molecule has 0 N–H and O–H groups in total. The summed E-state index contributed by atoms with van der Waals surface area (Å²) in [5, 5.41) is 0. The molecule has 0 amide bonds. The van der Waals surface area contributed by atoms with Gasteiger partial charge < -0.3 is 4.74 Å². The molecule has 0 saturated carbocycles. The number of hydrogen-bond donors (Lipinski definition) is 0. The largest absolute Gasteiger partial charge is 0.467 e. The van der Waals surface area contributed by atoms with Crippen molar-refractivity contribution in [3.63, 3.8) is 0 Å². The van der Waals surface area contributed by atoms with E-state index in [4.69, 9.17) is 4.74 Å². The number of rotatable bonds is 2. The Labute approximate surface area is 68.6 Å². The number of benzene rings is 1. The highest BCUT2D eigenvalue weighted by Crippen LogP contribution is 1.99. The average Bonchev–Trinajstić information content (AvgIpc) is 2.07. The number of carbonyl (C=O) groups excluding carboxylic acids is 1. The molecule has 0 aliphatic rings. The van der Waals surface area contributed by atoms with Crippen LogP contribution in [0.1, 0.15) is 10.4 Å². The van der Waals surface area contributed by atoms with Gasteiger partial charge in [-0.3, -0.25) is 0 Å². The minimum Gasteiger partial charge on any atom is -0.467 e. The number of carbonyl (C=O) groups is 1. The van der Waals surface area contributed by atoms with Crippen molar-refractivity contribution in [3.8, 4) is 0 Å². The first-order valence-electron chi connectivity index (χ1n) is 3.56. The van der Waals surface area contributed by atoms with Crippen molar-refractivity contribution in [1.29, 1.82) is 0 Å². The monoisotopic (exact) mass is 166 g/mol. The molecule has 0 saturated heterocycles. The van der Waals surface area contributed by atoms with Crippen LogP contribution in [0.2, 0.25) is 0 Å². The van der Waals surface area contributed by atoms with Crippen molar-refractivity contribution < 1.29 is 9.53 Å². The summed E-state index contributed by atoms with van der Waals surface area (Å²) in [5.41, 5.74) is 0.628. The van der Waals surface area contributed by atoms with Crippen LogP contribution in [0.4, 0.5) is 0 Å². The standard InChI is InChI=1S/C8H10O2Si/c9-8(10-6-11)7-4-2-1-3-5-7/h1-5H,6H2,11H3. The SMILES string of the molecule is O=C(OC[SiH3])c1ccccc1. The van der Waals surface area contributed by atoms with E-state index in [0.29, 0.717) is 11.8 Å². The molecule has 3 heteroatoms. The zero-order valence-electron chi connectivity index (χ0n) is 6.41. The van der Waals surface area contributed by atoms with Crippen LogP contribution in [-0.4, -0.2) is 22.4 Å². The third-order valence-electron chi connectivity index (χ3n) is 1.28. The molecule has 0 radical (unpaired) electrons. The maximum Gasteiger partial charge on any atom is 0.337 e. The van der Waals surface area contributed by atoms with E-state index in [0.717, 1.165) is 10.2 Å². The van der Waals surface area contributed by atoms with Gasteiger partial charge in [0.05, 0.1) is 22.0 Å². The van der Waals surface area contributed by atoms with E-state index in [9.17, 15) is 4.79 Å². The molecule has 0 aromatic heterocycles. The van der Waals surface area contributed by atoms with Crippen molar-refractivity contribution in [3.05, 3.63) is 35.9 Å². The fraction of sp³-hybridized carbons (Fsp3) is 0.125. The van der Waals surface area contributed by atoms with Crippen molar-refractivity contribution in [2.45, 2.75) is 0 Å². The van der Waals surface area contributed by atoms with Gasteiger partial charge in [-0.15, -0.1) is 0 Å². The lowest BCUT2D eigenvalue weighted by Crippen LogP contribution is -2.05. The number of esters is 1. The van der Waals surface area contributed by atoms with Crippen molar-refractivity contribution in [2.24, 2.45) is 0 Å². The van der Waals surface area contributed by atoms with Crippen LogP contribution < -0.4 is 0 Å². The van der Waals surface area contributed by atoms with Gasteiger partial charge in [0, 0.05) is 0 Å². The van der Waals surface area contributed by atoms with Crippen LogP contribution in [0.25, 0.3) is 0 Å². The van der Waals surface area contributed by atoms with Crippen LogP contribution in [-0.2, 0) is 4.74 Å². The van der Waals surface area contributed by atoms with Gasteiger partial charge in [0.25, 0.3) is 0 Å². The maximum atomic E-state index is 11.0. The minimum absolute atomic E-state index is 0.222. The fourth-order valence-corrected chi connectivity index (χ4v) is 1.05. The second-order valence-electron chi connectivity index (χ2n) is 2.09. The van der Waals surface area contributed by atoms with Gasteiger partial charge >= 0.3 is 5.97 Å². The Bertz CT molecular complexity index is 233. The van der Waals surface area contributed by atoms with Crippen molar-refractivity contribution in [1.82, 2.24) is 0 Å². The van der Waals surface area contributed by atoms with Gasteiger partial charge in [0.1, 0.15) is 0 Å². The molecule has 0 unspecified atom stereocenters. The van der Waals surface area contributed by atoms with Gasteiger partial charge in [-0.1, -0.05) is 18.2 Å². The third kappa shape index (κ3) is 2.20. The summed E-state index contributed by atoms with van der Waals surface area (Å²) < 4.78 is 4.85. The Hall–Kier alpha value is -1.09. The first kappa shape index (κ1) is 8.01. The summed E-state index contributed by atoms with van der Waals surface area (Å²) in [7, 11) is 0.895. The Morgan fingerprint density at radius 2 is 2.00 bits per heavy atom. The molecule has 11 heavy (non-hydrogen) atoms. The molecule has 0 aliphatic heterocycles. The van der Waals surface area contributed by atoms with Crippen LogP contribution >= 0.6 is 0 Å². The smallest absolute Gasteiger partial charge is 0.337 e. The normalized spacial score (nSPS) is 9.45. The molecule has 1 rings (SSSR count). The Balaban J connectivity index is 2.69. The molecular formula is C8H10O2Si. The van der Waals surface area contributed by atoms with Gasteiger partial charge in [-0.25, -0.2) is 4.79 Å². The Morgan fingerprint density at radius 3 is 2.55 bits per heavy atom. The van der Waals surface area contributed by atoms with Crippen LogP contribution in [0.15, 0.2) is 30.3 Å². The molecule has 0 bridgehead atoms. The van der Waals surface area contributed by atoms with E-state index in [2.05, 4.69) is 0 Å². The maximum absolute atomic E-state index is 11.0. The molecule has 0 fully saturated rings. The molecule has 58 valence electrons. The Kier molecular flexibility index (Phi) is 2.86. The van der Waals surface area contributed by atoms with Crippen LogP contribution in [0.3, 0.4) is 0 Å². The predicted octanol–water partition coefficient (Wildman–Crippen LogP) is 0.166. The van der Waals surface area contributed by atoms with E-state index >= 15 is 0 Å². The zero-order valence-corrected chi connectivity index (χ0v) is 8.41. The van der Waals surface area contributed by atoms with E-state index in [1.165, 1.54) is 0 Å². The lowest BCUT2D eigenvalue weighted by atomic mass is 10.2. The molecule has 0 aliphatic carbocycles. The average molecular weight is 166 g/mol. The van der Waals surface area contributed by atoms with E-state index in [1.54, 1.807) is 12.1 Å². The highest BCUT2D eigenvalue weighted by molar-refractivity contribution is 6.09. The third-order valence-corrected chi connectivity index (χ3v) is 1.57. The summed E-state index contributed by atoms with van der Waals surface area (Å²) in [5.74, 6) is -0.222. The molecule has 0 heterocycles. The summed E-state index contributed by atoms with van der Waals surface area (Å²) in [6, 6.07) is 9.02. The summed E-state index contributed by atoms with van der Waals surface area (Å²) in [4.78, 5) is 11.0. The molecular weight excluding hydrogens is 156 g/mol. The Morgan fingerprint density at radius 1 is 1.36 bits per heavy atom. The van der Waals surface area contributed by atoms with Crippen molar-refractivity contribution >= 4 is 16.2 Å². The van der Waals surface area contributed by atoms with Gasteiger partial charge in [0.2, 0.25) is 0 Å². The second-order valence-corrected chi connectivity index (χ2v) is 2.66. The predicted molar refractivity (Wildman–Crippen MR) is 46.7 cm³/mol. The number of hydrogen-bond acceptors (Lipinski definition) is 2. The summed E-state index contributed by atoms with van der Waals surface area (Å²) >= 11 is 0. The first-order chi connectivity index (χ1) is 5.34. The van der Waals surface area contributed by atoms with E-state index < -0.39 is 0 Å². The number of ether oxygens (including phenoxy) is 1. The lowest BCUT2D eigenvalue weighted by molar-refractivity contribution is 0.0573.